The number of nitrogens with two attached hydrogens (primary N) is 1. The zero-order chi connectivity index (χ0) is 18.7. The van der Waals surface area contributed by atoms with E-state index in [1.807, 2.05) is 30.3 Å². The number of nitrogens with one attached hydrogen (secondary N) is 1. The maximum Gasteiger partial charge on any atom is 0.251 e. The number of fused-ring (bicyclic) bond motifs is 1. The van der Waals surface area contributed by atoms with Crippen molar-refractivity contribution < 1.29 is 9.59 Å². The third kappa shape index (κ3) is 4.23. The van der Waals surface area contributed by atoms with E-state index < -0.39 is 11.9 Å². The number of amides is 2. The lowest BCUT2D eigenvalue weighted by atomic mass is 10.0. The molecule has 2 amide bonds. The number of primary amides is 1. The van der Waals surface area contributed by atoms with E-state index in [9.17, 15) is 9.59 Å². The zero-order valence-electron chi connectivity index (χ0n) is 13.7. The van der Waals surface area contributed by atoms with Crippen LogP contribution in [0.4, 0.5) is 0 Å². The molecule has 3 rings (SSSR count). The second-order valence-corrected chi connectivity index (χ2v) is 7.22. The Balaban J connectivity index is 1.81. The highest BCUT2D eigenvalue weighted by molar-refractivity contribution is 9.10. The molecule has 6 heteroatoms. The van der Waals surface area contributed by atoms with Gasteiger partial charge in [0, 0.05) is 21.5 Å². The van der Waals surface area contributed by atoms with Crippen LogP contribution in [0.5, 0.6) is 0 Å². The summed E-state index contributed by atoms with van der Waals surface area (Å²) in [6.07, 6.45) is 0.246. The van der Waals surface area contributed by atoms with Crippen LogP contribution in [0.3, 0.4) is 0 Å². The van der Waals surface area contributed by atoms with Crippen molar-refractivity contribution >= 4 is 50.1 Å². The van der Waals surface area contributed by atoms with Gasteiger partial charge in [-0.25, -0.2) is 0 Å². The average molecular weight is 432 g/mol. The molecule has 0 heterocycles. The molecule has 0 bridgehead atoms. The average Bonchev–Trinajstić information content (AvgIpc) is 2.63. The van der Waals surface area contributed by atoms with Crippen LogP contribution in [-0.4, -0.2) is 17.9 Å². The van der Waals surface area contributed by atoms with Crippen LogP contribution in [0.15, 0.2) is 65.1 Å². The Labute approximate surface area is 164 Å². The fourth-order valence-corrected chi connectivity index (χ4v) is 3.32. The number of hydrogen-bond acceptors (Lipinski definition) is 2. The van der Waals surface area contributed by atoms with Gasteiger partial charge in [-0.05, 0) is 46.7 Å². The smallest absolute Gasteiger partial charge is 0.251 e. The lowest BCUT2D eigenvalue weighted by molar-refractivity contribution is -0.119. The van der Waals surface area contributed by atoms with Crippen LogP contribution in [0.2, 0.25) is 5.02 Å². The van der Waals surface area contributed by atoms with Crippen molar-refractivity contribution in [1.82, 2.24) is 5.32 Å². The molecule has 0 spiro atoms. The standard InChI is InChI=1S/C20H16BrClN2O2/c21-17-8-7-16(22)10-15(17)11-18(19(23)25)24-20(26)14-6-5-12-3-1-2-4-13(12)9-14/h1-10,18H,11H2,(H2,23,25)(H,24,26)/t18-/m0/s1. The molecule has 4 nitrogen and oxygen atoms in total. The summed E-state index contributed by atoms with van der Waals surface area (Å²) in [7, 11) is 0. The Kier molecular flexibility index (Phi) is 5.59. The molecule has 132 valence electrons. The molecule has 0 aliphatic heterocycles. The minimum absolute atomic E-state index is 0.246. The molecule has 0 radical (unpaired) electrons. The summed E-state index contributed by atoms with van der Waals surface area (Å²) in [5, 5.41) is 5.26. The predicted molar refractivity (Wildman–Crippen MR) is 107 cm³/mol. The molecule has 0 saturated carbocycles. The molecule has 26 heavy (non-hydrogen) atoms. The van der Waals surface area contributed by atoms with Crippen molar-refractivity contribution in [3.05, 3.63) is 81.3 Å². The molecule has 3 N–H and O–H groups in total. The first-order chi connectivity index (χ1) is 12.4. The first-order valence-electron chi connectivity index (χ1n) is 7.97. The van der Waals surface area contributed by atoms with Crippen molar-refractivity contribution in [2.45, 2.75) is 12.5 Å². The van der Waals surface area contributed by atoms with Gasteiger partial charge in [0.15, 0.2) is 0 Å². The number of rotatable bonds is 5. The summed E-state index contributed by atoms with van der Waals surface area (Å²) in [5.41, 5.74) is 6.75. The van der Waals surface area contributed by atoms with Crippen molar-refractivity contribution in [3.8, 4) is 0 Å². The molecule has 0 saturated heterocycles. The summed E-state index contributed by atoms with van der Waals surface area (Å²) in [6.45, 7) is 0. The van der Waals surface area contributed by atoms with Gasteiger partial charge in [-0.1, -0.05) is 57.9 Å². The zero-order valence-corrected chi connectivity index (χ0v) is 16.0. The monoisotopic (exact) mass is 430 g/mol. The molecule has 0 aliphatic carbocycles. The van der Waals surface area contributed by atoms with Gasteiger partial charge >= 0.3 is 0 Å². The summed E-state index contributed by atoms with van der Waals surface area (Å²) in [6, 6.07) is 17.6. The number of carbonyl (C=O) groups is 2. The first kappa shape index (κ1) is 18.4. The maximum atomic E-state index is 12.6. The van der Waals surface area contributed by atoms with Crippen molar-refractivity contribution in [2.75, 3.05) is 0 Å². The topological polar surface area (TPSA) is 72.2 Å². The second-order valence-electron chi connectivity index (χ2n) is 5.93. The number of hydrogen-bond donors (Lipinski definition) is 2. The van der Waals surface area contributed by atoms with Gasteiger partial charge in [-0.15, -0.1) is 0 Å². The minimum atomic E-state index is -0.844. The van der Waals surface area contributed by atoms with E-state index in [-0.39, 0.29) is 12.3 Å². The fraction of sp³-hybridized carbons (Fsp3) is 0.100. The van der Waals surface area contributed by atoms with Crippen molar-refractivity contribution in [1.29, 1.82) is 0 Å². The van der Waals surface area contributed by atoms with E-state index in [1.54, 1.807) is 30.3 Å². The normalized spacial score (nSPS) is 11.9. The largest absolute Gasteiger partial charge is 0.368 e. The highest BCUT2D eigenvalue weighted by Crippen LogP contribution is 2.23. The molecule has 0 fully saturated rings. The van der Waals surface area contributed by atoms with Crippen molar-refractivity contribution in [3.63, 3.8) is 0 Å². The summed E-state index contributed by atoms with van der Waals surface area (Å²) >= 11 is 9.44. The summed E-state index contributed by atoms with van der Waals surface area (Å²) in [4.78, 5) is 24.4. The molecule has 3 aromatic rings. The van der Waals surface area contributed by atoms with Gasteiger partial charge in [-0.2, -0.15) is 0 Å². The quantitative estimate of drug-likeness (QED) is 0.639. The Morgan fingerprint density at radius 2 is 1.77 bits per heavy atom. The third-order valence-corrected chi connectivity index (χ3v) is 5.10. The van der Waals surface area contributed by atoms with Gasteiger partial charge in [-0.3, -0.25) is 9.59 Å². The van der Waals surface area contributed by atoms with E-state index in [0.717, 1.165) is 20.8 Å². The molecular weight excluding hydrogens is 416 g/mol. The van der Waals surface area contributed by atoms with Gasteiger partial charge in [0.25, 0.3) is 5.91 Å². The van der Waals surface area contributed by atoms with E-state index in [0.29, 0.717) is 10.6 Å². The van der Waals surface area contributed by atoms with E-state index in [2.05, 4.69) is 21.2 Å². The molecule has 0 aromatic heterocycles. The highest BCUT2D eigenvalue weighted by Gasteiger charge is 2.21. The number of benzene rings is 3. The summed E-state index contributed by atoms with van der Waals surface area (Å²) in [5.74, 6) is -0.955. The maximum absolute atomic E-state index is 12.6. The van der Waals surface area contributed by atoms with Crippen LogP contribution >= 0.6 is 27.5 Å². The molecule has 3 aromatic carbocycles. The van der Waals surface area contributed by atoms with E-state index in [4.69, 9.17) is 17.3 Å². The van der Waals surface area contributed by atoms with Crippen LogP contribution < -0.4 is 11.1 Å². The Morgan fingerprint density at radius 1 is 1.04 bits per heavy atom. The van der Waals surface area contributed by atoms with Gasteiger partial charge in [0.2, 0.25) is 5.91 Å². The van der Waals surface area contributed by atoms with Crippen molar-refractivity contribution in [2.24, 2.45) is 5.73 Å². The highest BCUT2D eigenvalue weighted by atomic mass is 79.9. The van der Waals surface area contributed by atoms with Crippen LogP contribution in [0.1, 0.15) is 15.9 Å². The fourth-order valence-electron chi connectivity index (χ4n) is 2.71. The second kappa shape index (κ2) is 7.89. The predicted octanol–water partition coefficient (Wildman–Crippen LogP) is 4.08. The van der Waals surface area contributed by atoms with Crippen LogP contribution in [0.25, 0.3) is 10.8 Å². The van der Waals surface area contributed by atoms with E-state index >= 15 is 0 Å². The van der Waals surface area contributed by atoms with Gasteiger partial charge in [0.1, 0.15) is 6.04 Å². The Bertz CT molecular complexity index is 990. The van der Waals surface area contributed by atoms with Crippen LogP contribution in [0, 0.1) is 0 Å². The van der Waals surface area contributed by atoms with Gasteiger partial charge < -0.3 is 11.1 Å². The van der Waals surface area contributed by atoms with Crippen LogP contribution in [-0.2, 0) is 11.2 Å². The third-order valence-electron chi connectivity index (χ3n) is 4.09. The number of halogens is 2. The molecular formula is C20H16BrClN2O2. The van der Waals surface area contributed by atoms with Gasteiger partial charge in [0.05, 0.1) is 0 Å². The molecule has 0 unspecified atom stereocenters. The van der Waals surface area contributed by atoms with E-state index in [1.165, 1.54) is 0 Å². The minimum Gasteiger partial charge on any atom is -0.368 e. The lowest BCUT2D eigenvalue weighted by Crippen LogP contribution is -2.45. The Morgan fingerprint density at radius 3 is 2.50 bits per heavy atom. The SMILES string of the molecule is NC(=O)[C@H](Cc1cc(Cl)ccc1Br)NC(=O)c1ccc2ccccc2c1. The first-order valence-corrected chi connectivity index (χ1v) is 9.14. The summed E-state index contributed by atoms with van der Waals surface area (Å²) < 4.78 is 0.799. The molecule has 0 aliphatic rings. The number of carbonyl (C=O) groups excluding carboxylic acids is 2. The Hall–Kier alpha value is -2.37. The lowest BCUT2D eigenvalue weighted by Gasteiger charge is -2.17. The molecule has 1 atom stereocenters.